The molecule has 0 saturated carbocycles. The second-order valence-electron chi connectivity index (χ2n) is 9.60. The van der Waals surface area contributed by atoms with E-state index in [1.165, 1.54) is 30.0 Å². The molecule has 1 atom stereocenters. The number of fused-ring (bicyclic) bond motifs is 2. The van der Waals surface area contributed by atoms with Gasteiger partial charge < -0.3 is 10.6 Å². The summed E-state index contributed by atoms with van der Waals surface area (Å²) in [6.07, 6.45) is 7.21. The van der Waals surface area contributed by atoms with Crippen LogP contribution in [0.1, 0.15) is 29.5 Å². The highest BCUT2D eigenvalue weighted by Crippen LogP contribution is 2.50. The van der Waals surface area contributed by atoms with Gasteiger partial charge in [0.15, 0.2) is 0 Å². The predicted molar refractivity (Wildman–Crippen MR) is 141 cm³/mol. The Bertz CT molecular complexity index is 1290. The minimum Gasteiger partial charge on any atom is -0.317 e. The zero-order valence-corrected chi connectivity index (χ0v) is 21.4. The zero-order chi connectivity index (χ0) is 25.2. The third-order valence-corrected chi connectivity index (χ3v) is 7.84. The van der Waals surface area contributed by atoms with Crippen LogP contribution in [-0.2, 0) is 12.0 Å². The molecule has 5 nitrogen and oxygen atoms in total. The standard InChI is InChI=1S/C28H27BrF2N4O/c29-22-5-8-25-24(17-22)28(10-13-32-14-11-28)19-35(25,15-1-2-20-3-6-23(30)7-4-20)27(36)34-18-21-9-12-33-26(31)16-21/h1-9,12,16-17,32H,10-11,13-15,18-19H2/p+1/b2-1+. The summed E-state index contributed by atoms with van der Waals surface area (Å²) in [5, 5.41) is 6.52. The highest BCUT2D eigenvalue weighted by atomic mass is 79.9. The van der Waals surface area contributed by atoms with E-state index in [4.69, 9.17) is 0 Å². The molecule has 2 N–H and O–H groups in total. The van der Waals surface area contributed by atoms with E-state index < -0.39 is 5.95 Å². The van der Waals surface area contributed by atoms with Crippen molar-refractivity contribution in [1.82, 2.24) is 20.1 Å². The lowest BCUT2D eigenvalue weighted by molar-refractivity contribution is 0.189. The zero-order valence-electron chi connectivity index (χ0n) is 19.8. The summed E-state index contributed by atoms with van der Waals surface area (Å²) in [4.78, 5) is 17.6. The normalized spacial score (nSPS) is 20.5. The molecule has 1 aromatic heterocycles. The van der Waals surface area contributed by atoms with E-state index in [1.54, 1.807) is 18.2 Å². The van der Waals surface area contributed by atoms with E-state index in [1.807, 2.05) is 24.3 Å². The number of nitrogens with one attached hydrogen (secondary N) is 2. The number of carbonyl (C=O) groups excluding carboxylic acids is 1. The Labute approximate surface area is 218 Å². The number of carbonyl (C=O) groups is 1. The summed E-state index contributed by atoms with van der Waals surface area (Å²) < 4.78 is 28.1. The molecular formula is C28H28BrF2N4O+. The first-order chi connectivity index (χ1) is 17.4. The fourth-order valence-corrected chi connectivity index (χ4v) is 5.94. The van der Waals surface area contributed by atoms with E-state index in [0.29, 0.717) is 18.7 Å². The Hall–Kier alpha value is -2.94. The smallest absolute Gasteiger partial charge is 0.317 e. The average Bonchev–Trinajstić information content (AvgIpc) is 3.13. The SMILES string of the molecule is O=C(NCc1ccnc(F)c1)[N+]1(C/C=C/c2ccc(F)cc2)CC2(CCNCC2)c2cc(Br)ccc21. The van der Waals surface area contributed by atoms with Gasteiger partial charge in [-0.15, -0.1) is 0 Å². The molecule has 2 amide bonds. The molecule has 0 radical (unpaired) electrons. The van der Waals surface area contributed by atoms with Crippen LogP contribution in [0.5, 0.6) is 0 Å². The van der Waals surface area contributed by atoms with Crippen LogP contribution in [0.25, 0.3) is 6.08 Å². The van der Waals surface area contributed by atoms with Gasteiger partial charge >= 0.3 is 6.03 Å². The number of rotatable bonds is 5. The van der Waals surface area contributed by atoms with Gasteiger partial charge in [0.25, 0.3) is 0 Å². The quantitative estimate of drug-likeness (QED) is 0.315. The maximum absolute atomic E-state index is 14.0. The molecule has 1 fully saturated rings. The van der Waals surface area contributed by atoms with Crippen molar-refractivity contribution in [2.75, 3.05) is 26.2 Å². The third-order valence-electron chi connectivity index (χ3n) is 7.35. The van der Waals surface area contributed by atoms with Gasteiger partial charge in [-0.1, -0.05) is 34.1 Å². The van der Waals surface area contributed by atoms with Gasteiger partial charge in [-0.05, 0) is 79.5 Å². The Balaban J connectivity index is 1.51. The number of pyridine rings is 1. The number of quaternary nitrogens is 1. The number of piperidine rings is 1. The van der Waals surface area contributed by atoms with Gasteiger partial charge in [0.05, 0.1) is 5.41 Å². The molecule has 36 heavy (non-hydrogen) atoms. The maximum atomic E-state index is 14.0. The van der Waals surface area contributed by atoms with Crippen molar-refractivity contribution in [1.29, 1.82) is 0 Å². The van der Waals surface area contributed by atoms with Crippen molar-refractivity contribution < 1.29 is 13.6 Å². The van der Waals surface area contributed by atoms with E-state index >= 15 is 0 Å². The van der Waals surface area contributed by atoms with Crippen molar-refractivity contribution in [2.24, 2.45) is 0 Å². The molecule has 186 valence electrons. The Morgan fingerprint density at radius 1 is 1.11 bits per heavy atom. The number of aromatic nitrogens is 1. The minimum atomic E-state index is -0.571. The fourth-order valence-electron chi connectivity index (χ4n) is 5.58. The molecule has 3 aromatic rings. The molecule has 0 aliphatic carbocycles. The first-order valence-electron chi connectivity index (χ1n) is 12.1. The van der Waals surface area contributed by atoms with E-state index in [0.717, 1.165) is 41.7 Å². The van der Waals surface area contributed by atoms with Crippen LogP contribution in [0.2, 0.25) is 0 Å². The first-order valence-corrected chi connectivity index (χ1v) is 12.9. The lowest BCUT2D eigenvalue weighted by Gasteiger charge is -2.36. The van der Waals surface area contributed by atoms with E-state index in [-0.39, 0.29) is 28.3 Å². The van der Waals surface area contributed by atoms with Crippen molar-refractivity contribution in [3.8, 4) is 0 Å². The summed E-state index contributed by atoms with van der Waals surface area (Å²) in [7, 11) is 0. The molecule has 1 unspecified atom stereocenters. The Morgan fingerprint density at radius 2 is 1.89 bits per heavy atom. The Kier molecular flexibility index (Phi) is 7.01. The van der Waals surface area contributed by atoms with Crippen LogP contribution in [-0.4, -0.2) is 37.2 Å². The largest absolute Gasteiger partial charge is 0.422 e. The fraction of sp³-hybridized carbons (Fsp3) is 0.286. The average molecular weight is 554 g/mol. The molecule has 2 aromatic carbocycles. The molecule has 0 bridgehead atoms. The van der Waals surface area contributed by atoms with Crippen LogP contribution in [0.3, 0.4) is 0 Å². The number of hydrogen-bond acceptors (Lipinski definition) is 3. The highest BCUT2D eigenvalue weighted by Gasteiger charge is 2.57. The van der Waals surface area contributed by atoms with Crippen molar-refractivity contribution in [2.45, 2.75) is 24.8 Å². The van der Waals surface area contributed by atoms with Gasteiger partial charge in [-0.25, -0.2) is 18.7 Å². The molecule has 1 saturated heterocycles. The summed E-state index contributed by atoms with van der Waals surface area (Å²) in [5.74, 6) is -0.854. The second kappa shape index (κ2) is 10.2. The lowest BCUT2D eigenvalue weighted by Crippen LogP contribution is -2.60. The molecule has 2 aliphatic rings. The second-order valence-corrected chi connectivity index (χ2v) is 10.5. The maximum Gasteiger partial charge on any atom is 0.422 e. The molecule has 1 spiro atoms. The highest BCUT2D eigenvalue weighted by molar-refractivity contribution is 9.10. The van der Waals surface area contributed by atoms with E-state index in [9.17, 15) is 13.6 Å². The number of urea groups is 1. The van der Waals surface area contributed by atoms with Crippen molar-refractivity contribution in [3.05, 3.63) is 99.8 Å². The monoisotopic (exact) mass is 553 g/mol. The lowest BCUT2D eigenvalue weighted by atomic mass is 9.75. The number of nitrogens with zero attached hydrogens (tertiary/aromatic N) is 2. The van der Waals surface area contributed by atoms with Gasteiger partial charge in [0.2, 0.25) is 5.95 Å². The van der Waals surface area contributed by atoms with E-state index in [2.05, 4.69) is 37.6 Å². The molecule has 5 rings (SSSR count). The third kappa shape index (κ3) is 4.85. The van der Waals surface area contributed by atoms with Crippen molar-refractivity contribution in [3.63, 3.8) is 0 Å². The molecule has 8 heteroatoms. The van der Waals surface area contributed by atoms with Crippen molar-refractivity contribution >= 4 is 33.7 Å². The predicted octanol–water partition coefficient (Wildman–Crippen LogP) is 5.69. The number of hydrogen-bond donors (Lipinski definition) is 2. The van der Waals surface area contributed by atoms with Gasteiger partial charge in [0, 0.05) is 28.8 Å². The number of halogens is 3. The van der Waals surface area contributed by atoms with Crippen LogP contribution in [0.4, 0.5) is 19.3 Å². The Morgan fingerprint density at radius 3 is 2.64 bits per heavy atom. The number of amides is 2. The summed E-state index contributed by atoms with van der Waals surface area (Å²) in [6, 6.07) is 15.4. The van der Waals surface area contributed by atoms with Gasteiger partial charge in [-0.3, -0.25) is 0 Å². The molecular weight excluding hydrogens is 526 g/mol. The number of benzene rings is 2. The summed E-state index contributed by atoms with van der Waals surface area (Å²) in [6.45, 7) is 3.09. The van der Waals surface area contributed by atoms with Crippen LogP contribution >= 0.6 is 15.9 Å². The summed E-state index contributed by atoms with van der Waals surface area (Å²) >= 11 is 3.64. The molecule has 3 heterocycles. The van der Waals surface area contributed by atoms with Crippen LogP contribution in [0, 0.1) is 11.8 Å². The summed E-state index contributed by atoms with van der Waals surface area (Å²) in [5.41, 5.74) is 3.60. The minimum absolute atomic E-state index is 0.117. The molecule has 2 aliphatic heterocycles. The van der Waals surface area contributed by atoms with Gasteiger partial charge in [0.1, 0.15) is 24.6 Å². The van der Waals surface area contributed by atoms with Crippen LogP contribution < -0.4 is 15.1 Å². The topological polar surface area (TPSA) is 54.0 Å². The van der Waals surface area contributed by atoms with Crippen LogP contribution in [0.15, 0.2) is 71.3 Å². The van der Waals surface area contributed by atoms with Gasteiger partial charge in [-0.2, -0.15) is 4.39 Å². The first kappa shape index (κ1) is 24.7.